The summed E-state index contributed by atoms with van der Waals surface area (Å²) in [7, 11) is 0. The highest BCUT2D eigenvalue weighted by Gasteiger charge is 2.44. The van der Waals surface area contributed by atoms with Gasteiger partial charge in [-0.05, 0) is 49.4 Å². The number of esters is 1. The summed E-state index contributed by atoms with van der Waals surface area (Å²) < 4.78 is 12.6. The lowest BCUT2D eigenvalue weighted by Gasteiger charge is -2.33. The van der Waals surface area contributed by atoms with E-state index in [9.17, 15) is 10.1 Å². The number of ether oxygens (including phenoxy) is 1. The van der Waals surface area contributed by atoms with Gasteiger partial charge in [-0.25, -0.2) is 9.79 Å². The van der Waals surface area contributed by atoms with Gasteiger partial charge in [-0.15, -0.1) is 0 Å². The van der Waals surface area contributed by atoms with Gasteiger partial charge in [0, 0.05) is 10.0 Å². The molecule has 0 spiro atoms. The van der Waals surface area contributed by atoms with Gasteiger partial charge in [-0.2, -0.15) is 5.26 Å². The first-order valence-corrected chi connectivity index (χ1v) is 11.8. The maximum Gasteiger partial charge on any atom is 0.338 e. The topological polar surface area (TPSA) is 105 Å². The van der Waals surface area contributed by atoms with Crippen LogP contribution in [0.15, 0.2) is 72.3 Å². The van der Waals surface area contributed by atoms with Gasteiger partial charge in [-0.3, -0.25) is 4.90 Å². The predicted molar refractivity (Wildman–Crippen MR) is 127 cm³/mol. The molecule has 4 rings (SSSR count). The fraction of sp³-hybridized carbons (Fsp3) is 0.261. The van der Waals surface area contributed by atoms with Crippen LogP contribution in [0.5, 0.6) is 0 Å². The van der Waals surface area contributed by atoms with E-state index in [1.807, 2.05) is 43.3 Å². The number of rotatable bonds is 6. The zero-order valence-corrected chi connectivity index (χ0v) is 20.0. The summed E-state index contributed by atoms with van der Waals surface area (Å²) in [5, 5.41) is 10.1. The SMILES string of the molecule is CCCC1=C(C(=O)OCC)[C@@H](c2ccc(-c3ccc(Br)cc3)o2)N2C(=N1)SC(C#N)=C2N. The van der Waals surface area contributed by atoms with Gasteiger partial charge in [0.1, 0.15) is 34.4 Å². The van der Waals surface area contributed by atoms with Crippen LogP contribution in [0.3, 0.4) is 0 Å². The molecule has 0 bridgehead atoms. The molecule has 9 heteroatoms. The van der Waals surface area contributed by atoms with E-state index in [2.05, 4.69) is 27.0 Å². The second-order valence-electron chi connectivity index (χ2n) is 7.13. The molecule has 0 saturated heterocycles. The van der Waals surface area contributed by atoms with Crippen LogP contribution in [0.4, 0.5) is 0 Å². The first kappa shape index (κ1) is 22.2. The third-order valence-corrected chi connectivity index (χ3v) is 6.58. The molecule has 3 heterocycles. The Morgan fingerprint density at radius 1 is 1.31 bits per heavy atom. The molecule has 0 amide bonds. The van der Waals surface area contributed by atoms with E-state index in [0.717, 1.165) is 16.5 Å². The molecule has 32 heavy (non-hydrogen) atoms. The van der Waals surface area contributed by atoms with Crippen LogP contribution >= 0.6 is 27.7 Å². The lowest BCUT2D eigenvalue weighted by atomic mass is 9.97. The van der Waals surface area contributed by atoms with Crippen LogP contribution in [0.25, 0.3) is 11.3 Å². The Morgan fingerprint density at radius 3 is 2.72 bits per heavy atom. The second kappa shape index (κ2) is 9.27. The number of fused-ring (bicyclic) bond motifs is 1. The van der Waals surface area contributed by atoms with E-state index in [1.165, 1.54) is 11.8 Å². The van der Waals surface area contributed by atoms with E-state index >= 15 is 0 Å². The highest BCUT2D eigenvalue weighted by Crippen LogP contribution is 2.47. The van der Waals surface area contributed by atoms with E-state index in [1.54, 1.807) is 11.8 Å². The molecule has 2 aromatic rings. The highest BCUT2D eigenvalue weighted by molar-refractivity contribution is 9.10. The smallest absolute Gasteiger partial charge is 0.338 e. The first-order chi connectivity index (χ1) is 15.5. The Kier molecular flexibility index (Phi) is 6.44. The molecule has 1 aromatic heterocycles. The van der Waals surface area contributed by atoms with Crippen LogP contribution < -0.4 is 5.73 Å². The number of nitrogens with two attached hydrogens (primary N) is 1. The number of hydrogen-bond donors (Lipinski definition) is 1. The van der Waals surface area contributed by atoms with E-state index in [4.69, 9.17) is 14.9 Å². The van der Waals surface area contributed by atoms with Crippen LogP contribution in [0.2, 0.25) is 0 Å². The molecule has 164 valence electrons. The van der Waals surface area contributed by atoms with Gasteiger partial charge >= 0.3 is 5.97 Å². The van der Waals surface area contributed by atoms with Crippen molar-refractivity contribution in [2.24, 2.45) is 10.7 Å². The van der Waals surface area contributed by atoms with Crippen molar-refractivity contribution in [3.05, 3.63) is 68.6 Å². The van der Waals surface area contributed by atoms with Crippen LogP contribution in [0, 0.1) is 11.3 Å². The largest absolute Gasteiger partial charge is 0.463 e. The van der Waals surface area contributed by atoms with Crippen molar-refractivity contribution < 1.29 is 13.9 Å². The molecule has 2 aliphatic heterocycles. The number of amidine groups is 1. The number of carbonyl (C=O) groups is 1. The Balaban J connectivity index is 1.86. The van der Waals surface area contributed by atoms with Crippen molar-refractivity contribution in [1.82, 2.24) is 4.90 Å². The van der Waals surface area contributed by atoms with Crippen molar-refractivity contribution in [3.63, 3.8) is 0 Å². The summed E-state index contributed by atoms with van der Waals surface area (Å²) in [6.07, 6.45) is 1.38. The maximum atomic E-state index is 13.1. The molecule has 7 nitrogen and oxygen atoms in total. The Morgan fingerprint density at radius 2 is 2.06 bits per heavy atom. The maximum absolute atomic E-state index is 13.1. The molecule has 0 radical (unpaired) electrons. The molecular weight excluding hydrogens is 492 g/mol. The number of thioether (sulfide) groups is 1. The number of nitriles is 1. The van der Waals surface area contributed by atoms with Gasteiger partial charge in [0.05, 0.1) is 17.9 Å². The molecule has 0 unspecified atom stereocenters. The van der Waals surface area contributed by atoms with E-state index < -0.39 is 12.0 Å². The lowest BCUT2D eigenvalue weighted by molar-refractivity contribution is -0.139. The van der Waals surface area contributed by atoms with Crippen molar-refractivity contribution in [1.29, 1.82) is 5.26 Å². The van der Waals surface area contributed by atoms with Crippen LogP contribution in [-0.4, -0.2) is 22.6 Å². The number of allylic oxidation sites excluding steroid dienone is 2. The molecule has 1 atom stereocenters. The third-order valence-electron chi connectivity index (χ3n) is 5.07. The van der Waals surface area contributed by atoms with Crippen molar-refractivity contribution in [2.45, 2.75) is 32.7 Å². The average molecular weight is 513 g/mol. The number of nitrogens with zero attached hydrogens (tertiary/aromatic N) is 3. The number of carbonyl (C=O) groups excluding carboxylic acids is 1. The third kappa shape index (κ3) is 3.96. The summed E-state index contributed by atoms with van der Waals surface area (Å²) in [4.78, 5) is 19.8. The molecule has 0 fully saturated rings. The van der Waals surface area contributed by atoms with E-state index in [0.29, 0.717) is 39.3 Å². The van der Waals surface area contributed by atoms with Crippen molar-refractivity contribution in [3.8, 4) is 17.4 Å². The Bertz CT molecular complexity index is 1190. The lowest BCUT2D eigenvalue weighted by Crippen LogP contribution is -2.38. The molecule has 0 aliphatic carbocycles. The van der Waals surface area contributed by atoms with Crippen molar-refractivity contribution in [2.75, 3.05) is 6.61 Å². The summed E-state index contributed by atoms with van der Waals surface area (Å²) in [5.74, 6) is 0.968. The molecule has 2 N–H and O–H groups in total. The van der Waals surface area contributed by atoms with Gasteiger partial charge in [0.2, 0.25) is 0 Å². The number of furan rings is 1. The summed E-state index contributed by atoms with van der Waals surface area (Å²) in [6, 6.07) is 12.9. The quantitative estimate of drug-likeness (QED) is 0.513. The summed E-state index contributed by atoms with van der Waals surface area (Å²) in [5.41, 5.74) is 8.24. The van der Waals surface area contributed by atoms with Gasteiger partial charge in [0.25, 0.3) is 0 Å². The van der Waals surface area contributed by atoms with Crippen LogP contribution in [-0.2, 0) is 9.53 Å². The fourth-order valence-electron chi connectivity index (χ4n) is 3.68. The standard InChI is InChI=1S/C23H21BrN4O3S/c1-3-5-15-19(22(29)30-4-2)20(28-21(26)18(12-25)32-23(28)27-15)17-11-10-16(31-17)13-6-8-14(24)9-7-13/h6-11,20H,3-5,26H2,1-2H3/t20-/m1/s1. The minimum absolute atomic E-state index is 0.233. The molecule has 0 saturated carbocycles. The second-order valence-corrected chi connectivity index (χ2v) is 9.03. The van der Waals surface area contributed by atoms with Gasteiger partial charge in [0.15, 0.2) is 5.17 Å². The normalized spacial score (nSPS) is 17.9. The molecular formula is C23H21BrN4O3S. The predicted octanol–water partition coefficient (Wildman–Crippen LogP) is 5.44. The first-order valence-electron chi connectivity index (χ1n) is 10.2. The minimum atomic E-state index is -0.675. The van der Waals surface area contributed by atoms with Crippen LogP contribution in [0.1, 0.15) is 38.5 Å². The minimum Gasteiger partial charge on any atom is -0.463 e. The Labute approximate surface area is 198 Å². The monoisotopic (exact) mass is 512 g/mol. The van der Waals surface area contributed by atoms with E-state index in [-0.39, 0.29) is 12.4 Å². The zero-order valence-electron chi connectivity index (χ0n) is 17.6. The fourth-order valence-corrected chi connectivity index (χ4v) is 4.83. The molecule has 2 aliphatic rings. The average Bonchev–Trinajstić information content (AvgIpc) is 3.39. The number of hydrogen-bond acceptors (Lipinski definition) is 8. The summed E-state index contributed by atoms with van der Waals surface area (Å²) >= 11 is 4.64. The summed E-state index contributed by atoms with van der Waals surface area (Å²) in [6.45, 7) is 4.01. The number of aliphatic imine (C=N–C) groups is 1. The number of benzene rings is 1. The Hall–Kier alpha value is -2.96. The van der Waals surface area contributed by atoms with Gasteiger partial charge < -0.3 is 14.9 Å². The number of halogens is 1. The zero-order chi connectivity index (χ0) is 22.8. The van der Waals surface area contributed by atoms with Gasteiger partial charge in [-0.1, -0.05) is 41.4 Å². The van der Waals surface area contributed by atoms with Crippen molar-refractivity contribution >= 4 is 38.8 Å². The highest BCUT2D eigenvalue weighted by atomic mass is 79.9. The molecule has 1 aromatic carbocycles.